The van der Waals surface area contributed by atoms with Gasteiger partial charge in [0.05, 0.1) is 0 Å². The van der Waals surface area contributed by atoms with Gasteiger partial charge in [-0.15, -0.1) is 0 Å². The molecule has 2 aromatic carbocycles. The maximum Gasteiger partial charge on any atom is 0.224 e. The molecule has 2 aliphatic rings. The lowest BCUT2D eigenvalue weighted by Crippen LogP contribution is -2.49. The van der Waals surface area contributed by atoms with Crippen LogP contribution in [-0.4, -0.2) is 56.6 Å². The van der Waals surface area contributed by atoms with Crippen molar-refractivity contribution in [3.63, 3.8) is 0 Å². The lowest BCUT2D eigenvalue weighted by atomic mass is 10.2. The van der Waals surface area contributed by atoms with E-state index < -0.39 is 0 Å². The second-order valence-electron chi connectivity index (χ2n) is 7.76. The van der Waals surface area contributed by atoms with E-state index in [0.29, 0.717) is 26.1 Å². The molecule has 0 spiro atoms. The van der Waals surface area contributed by atoms with Crippen molar-refractivity contribution in [3.8, 4) is 0 Å². The summed E-state index contributed by atoms with van der Waals surface area (Å²) in [6, 6.07) is 15.1. The molecule has 0 atom stereocenters. The molecule has 2 fully saturated rings. The van der Waals surface area contributed by atoms with Gasteiger partial charge in [0.2, 0.25) is 5.91 Å². The lowest BCUT2D eigenvalue weighted by molar-refractivity contribution is -0.131. The minimum Gasteiger partial charge on any atom is -0.385 e. The number of anilines is 3. The van der Waals surface area contributed by atoms with Gasteiger partial charge in [0.15, 0.2) is 0 Å². The van der Waals surface area contributed by atoms with Crippen molar-refractivity contribution < 1.29 is 9.18 Å². The van der Waals surface area contributed by atoms with Crippen molar-refractivity contribution in [1.29, 1.82) is 0 Å². The summed E-state index contributed by atoms with van der Waals surface area (Å²) in [7, 11) is 0. The monoisotopic (exact) mass is 396 g/mol. The Balaban J connectivity index is 1.19. The molecule has 0 radical (unpaired) electrons. The third-order valence-electron chi connectivity index (χ3n) is 5.83. The van der Waals surface area contributed by atoms with Gasteiger partial charge in [-0.2, -0.15) is 0 Å². The highest BCUT2D eigenvalue weighted by Crippen LogP contribution is 2.22. The molecule has 0 aliphatic carbocycles. The zero-order chi connectivity index (χ0) is 20.1. The summed E-state index contributed by atoms with van der Waals surface area (Å²) in [6.45, 7) is 5.92. The average molecular weight is 397 g/mol. The van der Waals surface area contributed by atoms with Gasteiger partial charge in [0.25, 0.3) is 0 Å². The molecule has 4 rings (SSSR count). The molecule has 1 amide bonds. The Morgan fingerprint density at radius 1 is 0.793 bits per heavy atom. The first kappa shape index (κ1) is 19.6. The number of nitrogens with one attached hydrogen (secondary N) is 1. The molecular formula is C23H29FN4O. The van der Waals surface area contributed by atoms with Crippen LogP contribution in [0.2, 0.25) is 0 Å². The van der Waals surface area contributed by atoms with Crippen molar-refractivity contribution in [2.24, 2.45) is 0 Å². The average Bonchev–Trinajstić information content (AvgIpc) is 3.30. The van der Waals surface area contributed by atoms with E-state index in [4.69, 9.17) is 0 Å². The van der Waals surface area contributed by atoms with Gasteiger partial charge < -0.3 is 20.0 Å². The van der Waals surface area contributed by atoms with E-state index in [0.717, 1.165) is 37.6 Å². The van der Waals surface area contributed by atoms with E-state index >= 15 is 0 Å². The Morgan fingerprint density at radius 3 is 1.97 bits per heavy atom. The van der Waals surface area contributed by atoms with Crippen LogP contribution in [0.3, 0.4) is 0 Å². The Kier molecular flexibility index (Phi) is 6.17. The molecule has 0 bridgehead atoms. The van der Waals surface area contributed by atoms with E-state index in [9.17, 15) is 9.18 Å². The van der Waals surface area contributed by atoms with Crippen LogP contribution in [0.15, 0.2) is 48.5 Å². The zero-order valence-corrected chi connectivity index (χ0v) is 16.8. The van der Waals surface area contributed by atoms with E-state index in [1.807, 2.05) is 4.90 Å². The van der Waals surface area contributed by atoms with E-state index in [2.05, 4.69) is 39.4 Å². The first-order chi connectivity index (χ1) is 14.2. The predicted octanol–water partition coefficient (Wildman–Crippen LogP) is 3.58. The van der Waals surface area contributed by atoms with Crippen LogP contribution in [0.5, 0.6) is 0 Å². The maximum atomic E-state index is 13.1. The topological polar surface area (TPSA) is 38.8 Å². The van der Waals surface area contributed by atoms with Crippen molar-refractivity contribution in [2.75, 3.05) is 60.9 Å². The van der Waals surface area contributed by atoms with Crippen molar-refractivity contribution in [2.45, 2.75) is 19.3 Å². The first-order valence-electron chi connectivity index (χ1n) is 10.6. The fourth-order valence-electron chi connectivity index (χ4n) is 4.10. The number of halogens is 1. The lowest BCUT2D eigenvalue weighted by Gasteiger charge is -2.36. The van der Waals surface area contributed by atoms with Crippen molar-refractivity contribution >= 4 is 23.0 Å². The van der Waals surface area contributed by atoms with Crippen LogP contribution in [0, 0.1) is 5.82 Å². The van der Waals surface area contributed by atoms with Crippen LogP contribution in [0.1, 0.15) is 19.3 Å². The molecule has 1 N–H and O–H groups in total. The van der Waals surface area contributed by atoms with Gasteiger partial charge in [-0.3, -0.25) is 4.79 Å². The summed E-state index contributed by atoms with van der Waals surface area (Å²) < 4.78 is 13.1. The summed E-state index contributed by atoms with van der Waals surface area (Å²) in [5, 5.41) is 3.36. The fraction of sp³-hybridized carbons (Fsp3) is 0.435. The van der Waals surface area contributed by atoms with Crippen LogP contribution < -0.4 is 15.1 Å². The fourth-order valence-corrected chi connectivity index (χ4v) is 4.10. The first-order valence-corrected chi connectivity index (χ1v) is 10.6. The largest absolute Gasteiger partial charge is 0.385 e. The third-order valence-corrected chi connectivity index (χ3v) is 5.83. The van der Waals surface area contributed by atoms with E-state index in [-0.39, 0.29) is 11.7 Å². The molecule has 2 aromatic rings. The highest BCUT2D eigenvalue weighted by molar-refractivity contribution is 5.77. The normalized spacial score (nSPS) is 16.9. The van der Waals surface area contributed by atoms with Crippen molar-refractivity contribution in [1.82, 2.24) is 4.90 Å². The van der Waals surface area contributed by atoms with Crippen molar-refractivity contribution in [3.05, 3.63) is 54.3 Å². The van der Waals surface area contributed by atoms with Gasteiger partial charge in [0, 0.05) is 69.3 Å². The molecule has 0 aromatic heterocycles. The number of hydrogen-bond acceptors (Lipinski definition) is 4. The molecule has 2 heterocycles. The quantitative estimate of drug-likeness (QED) is 0.810. The molecule has 0 unspecified atom stereocenters. The number of benzene rings is 2. The van der Waals surface area contributed by atoms with Gasteiger partial charge >= 0.3 is 0 Å². The van der Waals surface area contributed by atoms with Crippen LogP contribution in [0.4, 0.5) is 21.5 Å². The molecule has 29 heavy (non-hydrogen) atoms. The number of amides is 1. The van der Waals surface area contributed by atoms with Crippen LogP contribution in [0.25, 0.3) is 0 Å². The second kappa shape index (κ2) is 9.16. The van der Waals surface area contributed by atoms with E-state index in [1.54, 1.807) is 12.1 Å². The summed E-state index contributed by atoms with van der Waals surface area (Å²) >= 11 is 0. The Hall–Kier alpha value is -2.76. The number of nitrogens with zero attached hydrogens (tertiary/aromatic N) is 3. The second-order valence-corrected chi connectivity index (χ2v) is 7.76. The molecule has 154 valence electrons. The highest BCUT2D eigenvalue weighted by Gasteiger charge is 2.21. The van der Waals surface area contributed by atoms with Gasteiger partial charge in [0.1, 0.15) is 5.82 Å². The summed E-state index contributed by atoms with van der Waals surface area (Å²) in [5.41, 5.74) is 3.35. The smallest absolute Gasteiger partial charge is 0.224 e. The summed E-state index contributed by atoms with van der Waals surface area (Å²) in [4.78, 5) is 19.1. The summed E-state index contributed by atoms with van der Waals surface area (Å²) in [5.74, 6) is -0.0364. The van der Waals surface area contributed by atoms with Crippen LogP contribution >= 0.6 is 0 Å². The number of hydrogen-bond donors (Lipinski definition) is 1. The van der Waals surface area contributed by atoms with Gasteiger partial charge in [-0.05, 0) is 61.4 Å². The molecule has 0 saturated carbocycles. The summed E-state index contributed by atoms with van der Waals surface area (Å²) in [6.07, 6.45) is 3.05. The number of piperazine rings is 1. The third kappa shape index (κ3) is 5.00. The zero-order valence-electron chi connectivity index (χ0n) is 16.8. The predicted molar refractivity (Wildman–Crippen MR) is 116 cm³/mol. The Labute approximate surface area is 172 Å². The highest BCUT2D eigenvalue weighted by atomic mass is 19.1. The molecule has 2 saturated heterocycles. The van der Waals surface area contributed by atoms with Gasteiger partial charge in [-0.1, -0.05) is 0 Å². The van der Waals surface area contributed by atoms with Gasteiger partial charge in [-0.25, -0.2) is 4.39 Å². The standard InChI is InChI=1S/C23H29FN4O/c24-19-3-7-21(8-4-19)27-15-17-28(18-16-27)23(29)11-12-25-20-5-9-22(10-6-20)26-13-1-2-14-26/h3-10,25H,1-2,11-18H2. The SMILES string of the molecule is O=C(CCNc1ccc(N2CCCC2)cc1)N1CCN(c2ccc(F)cc2)CC1. The minimum absolute atomic E-state index is 0.185. The van der Waals surface area contributed by atoms with E-state index in [1.165, 1.54) is 30.7 Å². The molecule has 5 nitrogen and oxygen atoms in total. The molecule has 6 heteroatoms. The number of rotatable bonds is 6. The Bertz CT molecular complexity index is 795. The minimum atomic E-state index is -0.222. The van der Waals surface area contributed by atoms with Crippen LogP contribution in [-0.2, 0) is 4.79 Å². The Morgan fingerprint density at radius 2 is 1.34 bits per heavy atom. The molecule has 2 aliphatic heterocycles. The number of carbonyl (C=O) groups excluding carboxylic acids is 1. The molecular weight excluding hydrogens is 367 g/mol. The number of carbonyl (C=O) groups is 1. The maximum absolute atomic E-state index is 13.1.